The van der Waals surface area contributed by atoms with Gasteiger partial charge in [0.1, 0.15) is 17.7 Å². The van der Waals surface area contributed by atoms with Gasteiger partial charge in [-0.3, -0.25) is 19.2 Å². The van der Waals surface area contributed by atoms with Crippen LogP contribution in [-0.4, -0.2) is 88.6 Å². The minimum atomic E-state index is -1.12. The highest BCUT2D eigenvalue weighted by atomic mass is 16.6. The van der Waals surface area contributed by atoms with Crippen molar-refractivity contribution in [3.8, 4) is 0 Å². The van der Waals surface area contributed by atoms with Gasteiger partial charge >= 0.3 is 5.97 Å². The number of fused-ring (bicyclic) bond motifs is 1. The molecule has 48 heavy (non-hydrogen) atoms. The molecule has 3 heterocycles. The van der Waals surface area contributed by atoms with Crippen LogP contribution in [-0.2, 0) is 28.7 Å². The topological polar surface area (TPSA) is 125 Å². The smallest absolute Gasteiger partial charge is 0.313 e. The van der Waals surface area contributed by atoms with Crippen molar-refractivity contribution < 1.29 is 33.8 Å². The van der Waals surface area contributed by atoms with Gasteiger partial charge in [-0.2, -0.15) is 0 Å². The van der Waals surface area contributed by atoms with Gasteiger partial charge in [0.25, 0.3) is 0 Å². The molecule has 264 valence electrons. The largest absolute Gasteiger partial charge is 0.455 e. The second-order valence-corrected chi connectivity index (χ2v) is 13.5. The number of amides is 3. The molecule has 1 spiro atoms. The molecule has 0 radical (unpaired) electrons. The molecule has 0 saturated carbocycles. The summed E-state index contributed by atoms with van der Waals surface area (Å²) in [5, 5.41) is 12.2. The van der Waals surface area contributed by atoms with Crippen LogP contribution in [0.2, 0.25) is 0 Å². The lowest BCUT2D eigenvalue weighted by Gasteiger charge is -2.37. The minimum absolute atomic E-state index is 0.114. The fourth-order valence-electron chi connectivity index (χ4n) is 7.80. The molecule has 0 aromatic heterocycles. The van der Waals surface area contributed by atoms with E-state index in [1.54, 1.807) is 28.9 Å². The summed E-state index contributed by atoms with van der Waals surface area (Å²) in [6.07, 6.45) is 9.72. The Hall–Kier alpha value is -3.50. The summed E-state index contributed by atoms with van der Waals surface area (Å²) in [7, 11) is 0. The normalized spacial score (nSPS) is 25.3. The van der Waals surface area contributed by atoms with Crippen LogP contribution < -0.4 is 5.32 Å². The first kappa shape index (κ1) is 37.3. The number of unbranched alkanes of at least 4 members (excludes halogenated alkanes) is 5. The molecule has 3 saturated heterocycles. The molecule has 0 aliphatic carbocycles. The number of carbonyl (C=O) groups excluding carboxylic acids is 4. The first-order valence-corrected chi connectivity index (χ1v) is 17.9. The van der Waals surface area contributed by atoms with Crippen molar-refractivity contribution in [3.63, 3.8) is 0 Å². The van der Waals surface area contributed by atoms with Crippen LogP contribution >= 0.6 is 0 Å². The molecular weight excluding hydrogens is 610 g/mol. The number of aliphatic hydroxyl groups is 1. The molecule has 3 fully saturated rings. The number of nitrogens with one attached hydrogen (secondary N) is 1. The Labute approximate surface area is 285 Å². The average Bonchev–Trinajstić information content (AvgIpc) is 3.73. The van der Waals surface area contributed by atoms with Gasteiger partial charge in [0.05, 0.1) is 24.0 Å². The summed E-state index contributed by atoms with van der Waals surface area (Å²) >= 11 is 0. The van der Waals surface area contributed by atoms with Crippen molar-refractivity contribution in [2.24, 2.45) is 11.8 Å². The molecule has 7 atom stereocenters. The van der Waals surface area contributed by atoms with Crippen LogP contribution in [0.3, 0.4) is 0 Å². The van der Waals surface area contributed by atoms with E-state index in [9.17, 15) is 24.3 Å². The van der Waals surface area contributed by atoms with E-state index in [4.69, 9.17) is 9.47 Å². The van der Waals surface area contributed by atoms with E-state index < -0.39 is 47.7 Å². The van der Waals surface area contributed by atoms with Gasteiger partial charge in [-0.05, 0) is 51.0 Å². The van der Waals surface area contributed by atoms with Crippen molar-refractivity contribution in [3.05, 3.63) is 61.2 Å². The first-order chi connectivity index (χ1) is 23.2. The summed E-state index contributed by atoms with van der Waals surface area (Å²) in [4.78, 5) is 59.2. The first-order valence-electron chi connectivity index (χ1n) is 17.9. The van der Waals surface area contributed by atoms with Gasteiger partial charge < -0.3 is 29.7 Å². The molecule has 3 aliphatic heterocycles. The number of nitrogens with zero attached hydrogens (tertiary/aromatic N) is 2. The third-order valence-electron chi connectivity index (χ3n) is 10.1. The summed E-state index contributed by atoms with van der Waals surface area (Å²) in [5.74, 6) is -2.85. The summed E-state index contributed by atoms with van der Waals surface area (Å²) in [5.41, 5.74) is -0.395. The van der Waals surface area contributed by atoms with E-state index in [0.717, 1.165) is 37.7 Å². The van der Waals surface area contributed by atoms with Crippen LogP contribution in [0.1, 0.15) is 96.1 Å². The zero-order chi connectivity index (χ0) is 34.7. The van der Waals surface area contributed by atoms with Gasteiger partial charge in [-0.25, -0.2) is 0 Å². The van der Waals surface area contributed by atoms with Gasteiger partial charge in [0.15, 0.2) is 0 Å². The molecule has 1 aromatic rings. The molecule has 0 unspecified atom stereocenters. The molecular formula is C38H55N3O7. The van der Waals surface area contributed by atoms with Gasteiger partial charge in [-0.15, -0.1) is 13.2 Å². The number of carbonyl (C=O) groups is 4. The zero-order valence-corrected chi connectivity index (χ0v) is 28.8. The average molecular weight is 666 g/mol. The molecule has 4 rings (SSSR count). The van der Waals surface area contributed by atoms with E-state index >= 15 is 0 Å². The van der Waals surface area contributed by atoms with Crippen molar-refractivity contribution >= 4 is 23.7 Å². The van der Waals surface area contributed by atoms with Crippen molar-refractivity contribution in [1.29, 1.82) is 0 Å². The molecule has 3 aliphatic rings. The van der Waals surface area contributed by atoms with Crippen molar-refractivity contribution in [2.45, 2.75) is 114 Å². The van der Waals surface area contributed by atoms with Gasteiger partial charge in [-0.1, -0.05) is 75.1 Å². The van der Waals surface area contributed by atoms with Crippen LogP contribution in [0.4, 0.5) is 0 Å². The van der Waals surface area contributed by atoms with Gasteiger partial charge in [0.2, 0.25) is 17.7 Å². The zero-order valence-electron chi connectivity index (χ0n) is 28.8. The maximum atomic E-state index is 14.5. The number of esters is 1. The number of ether oxygens (including phenoxy) is 2. The Bertz CT molecular complexity index is 1270. The van der Waals surface area contributed by atoms with E-state index in [1.165, 1.54) is 0 Å². The maximum absolute atomic E-state index is 14.5. The molecule has 10 heteroatoms. The number of benzene rings is 1. The second-order valence-electron chi connectivity index (χ2n) is 13.5. The van der Waals surface area contributed by atoms with Crippen LogP contribution in [0.25, 0.3) is 0 Å². The van der Waals surface area contributed by atoms with E-state index in [-0.39, 0.29) is 30.7 Å². The third kappa shape index (κ3) is 8.20. The highest BCUT2D eigenvalue weighted by Crippen LogP contribution is 2.59. The Morgan fingerprint density at radius 2 is 1.88 bits per heavy atom. The van der Waals surface area contributed by atoms with Crippen molar-refractivity contribution in [1.82, 2.24) is 15.1 Å². The molecule has 2 bridgehead atoms. The minimum Gasteiger partial charge on any atom is -0.455 e. The molecule has 3 amide bonds. The predicted octanol–water partition coefficient (Wildman–Crippen LogP) is 4.87. The lowest BCUT2D eigenvalue weighted by atomic mass is 9.70. The summed E-state index contributed by atoms with van der Waals surface area (Å²) < 4.78 is 12.9. The van der Waals surface area contributed by atoms with Crippen LogP contribution in [0.15, 0.2) is 55.6 Å². The Morgan fingerprint density at radius 3 is 2.56 bits per heavy atom. The Balaban J connectivity index is 1.62. The van der Waals surface area contributed by atoms with E-state index in [2.05, 4.69) is 25.4 Å². The van der Waals surface area contributed by atoms with Crippen LogP contribution in [0, 0.1) is 11.8 Å². The number of rotatable bonds is 21. The molecule has 10 nitrogen and oxygen atoms in total. The fraction of sp³-hybridized carbons (Fsp3) is 0.632. The maximum Gasteiger partial charge on any atom is 0.313 e. The number of hydrogen-bond acceptors (Lipinski definition) is 7. The Morgan fingerprint density at radius 1 is 1.12 bits per heavy atom. The number of allylic oxidation sites excluding steroid dienone is 1. The standard InChI is InChI=1S/C38H55N3O7/c1-5-8-15-24-40(23-7-3)36(45)34-38-22-21-29(48-38)31(32(38)35(44)41(34)25-16-10-11-17-26-42)37(46)47-33(28-18-13-12-14-19-28)27(4)39-30(43)20-9-6-2/h6-7,12-14,18-19,27,29,31-34,42H,2-3,5,8-11,15-17,20-26H2,1,4H3,(H,39,43)/t27-,29-,31+,32+,33-,34-,38+/m0/s1. The van der Waals surface area contributed by atoms with E-state index in [0.29, 0.717) is 51.7 Å². The SMILES string of the molecule is C=CCCC(=O)N[C@@H](C)[C@H](OC(=O)[C@@H]1[C@@H]2CC[C@]3(O2)[C@H](C(=O)N(CC=C)CCCCC)N(CCCCCCO)C(=O)[C@@H]13)c1ccccc1. The molecule has 2 N–H and O–H groups in total. The van der Waals surface area contributed by atoms with E-state index in [1.807, 2.05) is 30.3 Å². The lowest BCUT2D eigenvalue weighted by molar-refractivity contribution is -0.162. The highest BCUT2D eigenvalue weighted by molar-refractivity contribution is 5.98. The van der Waals surface area contributed by atoms with Gasteiger partial charge in [0, 0.05) is 32.7 Å². The number of aliphatic hydroxyl groups excluding tert-OH is 1. The van der Waals surface area contributed by atoms with Crippen LogP contribution in [0.5, 0.6) is 0 Å². The quantitative estimate of drug-likeness (QED) is 0.109. The highest BCUT2D eigenvalue weighted by Gasteiger charge is 2.75. The summed E-state index contributed by atoms with van der Waals surface area (Å²) in [6, 6.07) is 7.89. The fourth-order valence-corrected chi connectivity index (χ4v) is 7.80. The Kier molecular flexibility index (Phi) is 13.8. The third-order valence-corrected chi connectivity index (χ3v) is 10.1. The lowest BCUT2D eigenvalue weighted by Crippen LogP contribution is -2.56. The monoisotopic (exact) mass is 665 g/mol. The number of hydrogen-bond donors (Lipinski definition) is 2. The molecule has 1 aromatic carbocycles. The predicted molar refractivity (Wildman–Crippen MR) is 183 cm³/mol. The number of likely N-dealkylation sites (tertiary alicyclic amines) is 1. The summed E-state index contributed by atoms with van der Waals surface area (Å²) in [6.45, 7) is 12.9. The second kappa shape index (κ2) is 17.8. The van der Waals surface area contributed by atoms with Crippen molar-refractivity contribution in [2.75, 3.05) is 26.2 Å².